The van der Waals surface area contributed by atoms with Gasteiger partial charge in [-0.15, -0.1) is 0 Å². The first kappa shape index (κ1) is 19.6. The highest BCUT2D eigenvalue weighted by molar-refractivity contribution is 5.90. The van der Waals surface area contributed by atoms with Crippen LogP contribution in [0.2, 0.25) is 0 Å². The summed E-state index contributed by atoms with van der Waals surface area (Å²) in [6.45, 7) is 0. The minimum absolute atomic E-state index is 0. The first-order chi connectivity index (χ1) is 11.1. The first-order valence-electron chi connectivity index (χ1n) is 7.41. The topological polar surface area (TPSA) is 95.4 Å². The average molecular weight is 326 g/mol. The molecule has 0 amide bonds. The molecule has 0 aliphatic carbocycles. The Hall–Kier alpha value is -2.44. The van der Waals surface area contributed by atoms with Crippen molar-refractivity contribution in [3.63, 3.8) is 0 Å². The lowest BCUT2D eigenvalue weighted by atomic mass is 10.1. The van der Waals surface area contributed by atoms with E-state index in [-0.39, 0.29) is 8.41 Å². The SMILES string of the molecule is B.NC(Cc1ccccc1)C(=O)OC(=O)C(N)Cc1ccccc1. The van der Waals surface area contributed by atoms with Gasteiger partial charge in [0.15, 0.2) is 0 Å². The number of esters is 2. The maximum Gasteiger partial charge on any atom is 0.330 e. The van der Waals surface area contributed by atoms with Gasteiger partial charge in [-0.05, 0) is 24.0 Å². The number of carbonyl (C=O) groups is 2. The van der Waals surface area contributed by atoms with Gasteiger partial charge < -0.3 is 16.2 Å². The maximum atomic E-state index is 11.9. The molecule has 2 aromatic rings. The second-order valence-electron chi connectivity index (χ2n) is 5.33. The van der Waals surface area contributed by atoms with Gasteiger partial charge in [0.25, 0.3) is 0 Å². The van der Waals surface area contributed by atoms with Crippen LogP contribution >= 0.6 is 0 Å². The molecule has 2 rings (SSSR count). The van der Waals surface area contributed by atoms with Gasteiger partial charge in [-0.1, -0.05) is 60.7 Å². The summed E-state index contributed by atoms with van der Waals surface area (Å²) < 4.78 is 4.79. The minimum Gasteiger partial charge on any atom is -0.391 e. The quantitative estimate of drug-likeness (QED) is 0.443. The molecule has 0 heterocycles. The predicted molar refractivity (Wildman–Crippen MR) is 97.3 cm³/mol. The van der Waals surface area contributed by atoms with Crippen LogP contribution in [-0.2, 0) is 27.2 Å². The molecular formula is C18H23BN2O3. The zero-order valence-electron chi connectivity index (χ0n) is 12.7. The molecule has 0 bridgehead atoms. The molecule has 4 N–H and O–H groups in total. The van der Waals surface area contributed by atoms with Crippen molar-refractivity contribution in [1.82, 2.24) is 0 Å². The van der Waals surface area contributed by atoms with Gasteiger partial charge in [0.2, 0.25) is 0 Å². The van der Waals surface area contributed by atoms with Crippen LogP contribution in [0, 0.1) is 0 Å². The molecule has 0 aromatic heterocycles. The Balaban J connectivity index is 0.00000288. The molecule has 2 unspecified atom stereocenters. The van der Waals surface area contributed by atoms with Gasteiger partial charge in [0.1, 0.15) is 12.1 Å². The van der Waals surface area contributed by atoms with E-state index in [1.54, 1.807) is 0 Å². The van der Waals surface area contributed by atoms with Gasteiger partial charge in [-0.25, -0.2) is 9.59 Å². The van der Waals surface area contributed by atoms with Crippen LogP contribution in [-0.4, -0.2) is 32.4 Å². The number of hydrogen-bond donors (Lipinski definition) is 2. The summed E-state index contributed by atoms with van der Waals surface area (Å²) in [7, 11) is 0. The van der Waals surface area contributed by atoms with Gasteiger partial charge >= 0.3 is 11.9 Å². The average Bonchev–Trinajstić information content (AvgIpc) is 2.56. The zero-order valence-corrected chi connectivity index (χ0v) is 12.7. The summed E-state index contributed by atoms with van der Waals surface area (Å²) in [5.74, 6) is -1.52. The van der Waals surface area contributed by atoms with Gasteiger partial charge in [0.05, 0.1) is 8.41 Å². The largest absolute Gasteiger partial charge is 0.391 e. The fourth-order valence-corrected chi connectivity index (χ4v) is 2.15. The van der Waals surface area contributed by atoms with E-state index in [4.69, 9.17) is 16.2 Å². The van der Waals surface area contributed by atoms with Crippen molar-refractivity contribution in [2.45, 2.75) is 24.9 Å². The number of rotatable bonds is 6. The van der Waals surface area contributed by atoms with E-state index in [1.807, 2.05) is 60.7 Å². The molecule has 126 valence electrons. The fraction of sp³-hybridized carbons (Fsp3) is 0.222. The van der Waals surface area contributed by atoms with E-state index in [9.17, 15) is 9.59 Å². The van der Waals surface area contributed by atoms with Crippen LogP contribution in [0.3, 0.4) is 0 Å². The van der Waals surface area contributed by atoms with E-state index < -0.39 is 24.0 Å². The third-order valence-corrected chi connectivity index (χ3v) is 3.40. The van der Waals surface area contributed by atoms with Crippen molar-refractivity contribution in [3.05, 3.63) is 71.8 Å². The second-order valence-corrected chi connectivity index (χ2v) is 5.33. The van der Waals surface area contributed by atoms with Crippen molar-refractivity contribution in [1.29, 1.82) is 0 Å². The van der Waals surface area contributed by atoms with E-state index in [2.05, 4.69) is 0 Å². The Kier molecular flexibility index (Phi) is 7.88. The third-order valence-electron chi connectivity index (χ3n) is 3.40. The number of ether oxygens (including phenoxy) is 1. The molecular weight excluding hydrogens is 303 g/mol. The number of carbonyl (C=O) groups excluding carboxylic acids is 2. The summed E-state index contributed by atoms with van der Waals surface area (Å²) in [6, 6.07) is 16.8. The molecule has 5 nitrogen and oxygen atoms in total. The molecule has 6 heteroatoms. The highest BCUT2D eigenvalue weighted by atomic mass is 16.6. The lowest BCUT2D eigenvalue weighted by molar-refractivity contribution is -0.161. The molecule has 0 aliphatic heterocycles. The van der Waals surface area contributed by atoms with Crippen molar-refractivity contribution in [2.75, 3.05) is 0 Å². The van der Waals surface area contributed by atoms with Crippen molar-refractivity contribution < 1.29 is 14.3 Å². The van der Waals surface area contributed by atoms with E-state index in [1.165, 1.54) is 0 Å². The molecule has 2 aromatic carbocycles. The molecule has 0 radical (unpaired) electrons. The number of benzene rings is 2. The molecule has 0 fully saturated rings. The minimum atomic E-state index is -0.898. The third kappa shape index (κ3) is 5.99. The molecule has 2 atom stereocenters. The highest BCUT2D eigenvalue weighted by Crippen LogP contribution is 2.06. The lowest BCUT2D eigenvalue weighted by Gasteiger charge is -2.13. The van der Waals surface area contributed by atoms with Gasteiger partial charge in [0, 0.05) is 0 Å². The molecule has 0 aliphatic rings. The zero-order chi connectivity index (χ0) is 16.7. The first-order valence-corrected chi connectivity index (χ1v) is 7.41. The Morgan fingerprint density at radius 1 is 0.750 bits per heavy atom. The van der Waals surface area contributed by atoms with Crippen LogP contribution in [0.25, 0.3) is 0 Å². The molecule has 0 saturated heterocycles. The van der Waals surface area contributed by atoms with Crippen molar-refractivity contribution >= 4 is 20.4 Å². The maximum absolute atomic E-state index is 11.9. The van der Waals surface area contributed by atoms with Crippen LogP contribution in [0.15, 0.2) is 60.7 Å². The molecule has 0 spiro atoms. The Morgan fingerprint density at radius 3 is 1.42 bits per heavy atom. The van der Waals surface area contributed by atoms with E-state index in [0.29, 0.717) is 12.8 Å². The van der Waals surface area contributed by atoms with Gasteiger partial charge in [-0.2, -0.15) is 0 Å². The monoisotopic (exact) mass is 326 g/mol. The summed E-state index contributed by atoms with van der Waals surface area (Å²) in [6.07, 6.45) is 0.613. The summed E-state index contributed by atoms with van der Waals surface area (Å²) >= 11 is 0. The Labute approximate surface area is 143 Å². The van der Waals surface area contributed by atoms with Crippen LogP contribution < -0.4 is 11.5 Å². The van der Waals surface area contributed by atoms with Crippen LogP contribution in [0.5, 0.6) is 0 Å². The lowest BCUT2D eigenvalue weighted by Crippen LogP contribution is -2.41. The van der Waals surface area contributed by atoms with E-state index in [0.717, 1.165) is 11.1 Å². The predicted octanol–water partition coefficient (Wildman–Crippen LogP) is 0.0123. The summed E-state index contributed by atoms with van der Waals surface area (Å²) in [4.78, 5) is 23.8. The van der Waals surface area contributed by atoms with Crippen LogP contribution in [0.1, 0.15) is 11.1 Å². The van der Waals surface area contributed by atoms with Gasteiger partial charge in [-0.3, -0.25) is 0 Å². The highest BCUT2D eigenvalue weighted by Gasteiger charge is 2.23. The number of nitrogens with two attached hydrogens (primary N) is 2. The summed E-state index contributed by atoms with van der Waals surface area (Å²) in [5, 5.41) is 0. The second kappa shape index (κ2) is 9.65. The summed E-state index contributed by atoms with van der Waals surface area (Å²) in [5.41, 5.74) is 13.4. The van der Waals surface area contributed by atoms with Crippen molar-refractivity contribution in [2.24, 2.45) is 11.5 Å². The fourth-order valence-electron chi connectivity index (χ4n) is 2.15. The Morgan fingerprint density at radius 2 is 1.08 bits per heavy atom. The molecule has 0 saturated carbocycles. The van der Waals surface area contributed by atoms with Crippen LogP contribution in [0.4, 0.5) is 0 Å². The standard InChI is InChI=1S/C18H20N2O3.BH3/c19-15(11-13-7-3-1-4-8-13)17(21)23-18(22)16(20)12-14-9-5-2-6-10-14;/h1-10,15-16H,11-12,19-20H2;1H3. The normalized spacial score (nSPS) is 12.6. The number of hydrogen-bond acceptors (Lipinski definition) is 5. The molecule has 24 heavy (non-hydrogen) atoms. The Bertz CT molecular complexity index is 592. The van der Waals surface area contributed by atoms with E-state index >= 15 is 0 Å². The van der Waals surface area contributed by atoms with Crippen molar-refractivity contribution in [3.8, 4) is 0 Å². The smallest absolute Gasteiger partial charge is 0.330 e.